The van der Waals surface area contributed by atoms with Gasteiger partial charge < -0.3 is 4.98 Å². The minimum atomic E-state index is -0.416. The number of nitrogens with one attached hydrogen (secondary N) is 1. The molecule has 1 N–H and O–H groups in total. The number of nitro benzene ring substituents is 1. The van der Waals surface area contributed by atoms with Crippen molar-refractivity contribution >= 4 is 5.69 Å². The van der Waals surface area contributed by atoms with Crippen LogP contribution in [0.4, 0.5) is 5.69 Å². The fraction of sp³-hybridized carbons (Fsp3) is 0.174. The molecule has 3 aromatic heterocycles. The summed E-state index contributed by atoms with van der Waals surface area (Å²) in [7, 11) is 0. The molecule has 0 aliphatic carbocycles. The second-order valence-electron chi connectivity index (χ2n) is 7.75. The molecule has 4 heterocycles. The van der Waals surface area contributed by atoms with Crippen LogP contribution in [-0.2, 0) is 19.5 Å². The van der Waals surface area contributed by atoms with Crippen molar-refractivity contribution < 1.29 is 4.92 Å². The van der Waals surface area contributed by atoms with E-state index in [9.17, 15) is 14.9 Å². The third kappa shape index (κ3) is 4.37. The fourth-order valence-electron chi connectivity index (χ4n) is 3.91. The van der Waals surface area contributed by atoms with Crippen molar-refractivity contribution in [2.45, 2.75) is 19.5 Å². The number of nitrogens with zero attached hydrogens (tertiary/aromatic N) is 6. The van der Waals surface area contributed by atoms with Crippen molar-refractivity contribution in [1.29, 1.82) is 0 Å². The molecule has 0 saturated carbocycles. The van der Waals surface area contributed by atoms with Gasteiger partial charge in [0, 0.05) is 56.1 Å². The van der Waals surface area contributed by atoms with E-state index in [1.165, 1.54) is 18.5 Å². The zero-order valence-corrected chi connectivity index (χ0v) is 17.5. The summed E-state index contributed by atoms with van der Waals surface area (Å²) in [6.45, 7) is 1.75. The summed E-state index contributed by atoms with van der Waals surface area (Å²) in [4.78, 5) is 45.7. The average molecular weight is 441 g/mol. The Hall–Kier alpha value is -4.31. The summed E-state index contributed by atoms with van der Waals surface area (Å²) in [5.41, 5.74) is 4.15. The third-order valence-corrected chi connectivity index (χ3v) is 5.53. The normalized spacial score (nSPS) is 13.5. The predicted octanol–water partition coefficient (Wildman–Crippen LogP) is 2.76. The lowest BCUT2D eigenvalue weighted by atomic mass is 10.1. The van der Waals surface area contributed by atoms with Gasteiger partial charge in [0.2, 0.25) is 0 Å². The number of hydrogen-bond donors (Lipinski definition) is 1. The van der Waals surface area contributed by atoms with Crippen molar-refractivity contribution in [3.63, 3.8) is 0 Å². The van der Waals surface area contributed by atoms with Gasteiger partial charge in [-0.3, -0.25) is 24.8 Å². The number of rotatable bonds is 5. The standard InChI is InChI=1S/C23H19N7O3/c31-23-19-13-29(8-7-21(19)27-22(28-23)16-10-24-14-25-11-16)12-17-4-2-6-20(26-17)15-3-1-5-18(9-15)30(32)33/h1-6,9-11,14H,7-8,12-13H2,(H,27,28,31). The maximum absolute atomic E-state index is 12.7. The Balaban J connectivity index is 1.35. The number of fused-ring (bicyclic) bond motifs is 1. The summed E-state index contributed by atoms with van der Waals surface area (Å²) in [6, 6.07) is 12.1. The SMILES string of the molecule is O=c1[nH]c(-c2cncnc2)nc2c1CN(Cc1cccc(-c3cccc([N+](=O)[O-])c3)n1)CC2. The van der Waals surface area contributed by atoms with Crippen LogP contribution in [0.1, 0.15) is 17.0 Å². The Morgan fingerprint density at radius 1 is 1.06 bits per heavy atom. The molecule has 0 spiro atoms. The number of aromatic nitrogens is 5. The average Bonchev–Trinajstić information content (AvgIpc) is 2.85. The van der Waals surface area contributed by atoms with E-state index in [0.29, 0.717) is 47.7 Å². The second-order valence-corrected chi connectivity index (χ2v) is 7.75. The third-order valence-electron chi connectivity index (χ3n) is 5.53. The minimum Gasteiger partial charge on any atom is -0.306 e. The number of nitro groups is 1. The van der Waals surface area contributed by atoms with Gasteiger partial charge in [-0.2, -0.15) is 0 Å². The lowest BCUT2D eigenvalue weighted by Gasteiger charge is -2.27. The van der Waals surface area contributed by atoms with E-state index in [2.05, 4.69) is 24.8 Å². The summed E-state index contributed by atoms with van der Waals surface area (Å²) >= 11 is 0. The van der Waals surface area contributed by atoms with Gasteiger partial charge in [-0.15, -0.1) is 0 Å². The van der Waals surface area contributed by atoms with E-state index < -0.39 is 4.92 Å². The Bertz CT molecular complexity index is 1390. The maximum atomic E-state index is 12.7. The Labute approximate surface area is 188 Å². The molecule has 0 amide bonds. The number of aromatic amines is 1. The molecule has 33 heavy (non-hydrogen) atoms. The van der Waals surface area contributed by atoms with E-state index in [1.807, 2.05) is 18.2 Å². The lowest BCUT2D eigenvalue weighted by molar-refractivity contribution is -0.384. The highest BCUT2D eigenvalue weighted by molar-refractivity contribution is 5.62. The summed E-state index contributed by atoms with van der Waals surface area (Å²) in [5, 5.41) is 11.1. The molecular weight excluding hydrogens is 422 g/mol. The number of non-ortho nitro benzene ring substituents is 1. The molecular formula is C23H19N7O3. The van der Waals surface area contributed by atoms with Crippen molar-refractivity contribution in [3.05, 3.63) is 98.6 Å². The molecule has 10 nitrogen and oxygen atoms in total. The first-order valence-electron chi connectivity index (χ1n) is 10.4. The topological polar surface area (TPSA) is 131 Å². The van der Waals surface area contributed by atoms with Gasteiger partial charge in [-0.25, -0.2) is 15.0 Å². The van der Waals surface area contributed by atoms with Crippen LogP contribution in [0.15, 0.2) is 66.0 Å². The summed E-state index contributed by atoms with van der Waals surface area (Å²) in [6.07, 6.45) is 5.31. The zero-order valence-electron chi connectivity index (χ0n) is 17.5. The zero-order chi connectivity index (χ0) is 22.8. The number of benzene rings is 1. The van der Waals surface area contributed by atoms with Gasteiger partial charge in [0.05, 0.1) is 33.1 Å². The first kappa shape index (κ1) is 20.6. The largest absolute Gasteiger partial charge is 0.306 e. The number of pyridine rings is 1. The highest BCUT2D eigenvalue weighted by Crippen LogP contribution is 2.24. The van der Waals surface area contributed by atoms with Crippen molar-refractivity contribution in [1.82, 2.24) is 29.8 Å². The highest BCUT2D eigenvalue weighted by atomic mass is 16.6. The number of hydrogen-bond acceptors (Lipinski definition) is 8. The van der Waals surface area contributed by atoms with E-state index in [1.54, 1.807) is 24.5 Å². The molecule has 1 aliphatic rings. The Morgan fingerprint density at radius 3 is 2.70 bits per heavy atom. The maximum Gasteiger partial charge on any atom is 0.270 e. The van der Waals surface area contributed by atoms with Gasteiger partial charge >= 0.3 is 0 Å². The predicted molar refractivity (Wildman–Crippen MR) is 120 cm³/mol. The molecule has 1 aromatic carbocycles. The van der Waals surface area contributed by atoms with E-state index in [-0.39, 0.29) is 11.2 Å². The minimum absolute atomic E-state index is 0.0282. The monoisotopic (exact) mass is 441 g/mol. The van der Waals surface area contributed by atoms with Crippen molar-refractivity contribution in [3.8, 4) is 22.6 Å². The molecule has 5 rings (SSSR count). The molecule has 4 aromatic rings. The van der Waals surface area contributed by atoms with Crippen molar-refractivity contribution in [2.24, 2.45) is 0 Å². The summed E-state index contributed by atoms with van der Waals surface area (Å²) < 4.78 is 0. The smallest absolute Gasteiger partial charge is 0.270 e. The molecule has 0 radical (unpaired) electrons. The molecule has 0 atom stereocenters. The van der Waals surface area contributed by atoms with Crippen LogP contribution in [0.3, 0.4) is 0 Å². The van der Waals surface area contributed by atoms with Crippen LogP contribution in [0, 0.1) is 10.1 Å². The molecule has 0 saturated heterocycles. The quantitative estimate of drug-likeness (QED) is 0.369. The Kier molecular flexibility index (Phi) is 5.41. The first-order chi connectivity index (χ1) is 16.1. The van der Waals surface area contributed by atoms with Crippen LogP contribution in [-0.4, -0.2) is 41.3 Å². The van der Waals surface area contributed by atoms with Gasteiger partial charge in [0.25, 0.3) is 11.2 Å². The highest BCUT2D eigenvalue weighted by Gasteiger charge is 2.22. The second kappa shape index (κ2) is 8.67. The number of H-pyrrole nitrogens is 1. The molecule has 0 bridgehead atoms. The molecule has 1 aliphatic heterocycles. The molecule has 164 valence electrons. The fourth-order valence-corrected chi connectivity index (χ4v) is 3.91. The molecule has 0 unspecified atom stereocenters. The first-order valence-corrected chi connectivity index (χ1v) is 10.4. The van der Waals surface area contributed by atoms with E-state index in [0.717, 1.165) is 17.9 Å². The van der Waals surface area contributed by atoms with Crippen molar-refractivity contribution in [2.75, 3.05) is 6.54 Å². The van der Waals surface area contributed by atoms with Gasteiger partial charge in [-0.1, -0.05) is 18.2 Å². The Morgan fingerprint density at radius 2 is 1.88 bits per heavy atom. The van der Waals surface area contributed by atoms with Crippen LogP contribution in [0.25, 0.3) is 22.6 Å². The summed E-state index contributed by atoms with van der Waals surface area (Å²) in [5.74, 6) is 0.471. The van der Waals surface area contributed by atoms with Gasteiger partial charge in [0.1, 0.15) is 12.2 Å². The molecule has 0 fully saturated rings. The molecule has 10 heteroatoms. The van der Waals surface area contributed by atoms with Crippen LogP contribution >= 0.6 is 0 Å². The van der Waals surface area contributed by atoms with Gasteiger partial charge in [-0.05, 0) is 12.1 Å². The van der Waals surface area contributed by atoms with Crippen LogP contribution in [0.2, 0.25) is 0 Å². The van der Waals surface area contributed by atoms with E-state index >= 15 is 0 Å². The van der Waals surface area contributed by atoms with Crippen LogP contribution < -0.4 is 5.56 Å². The van der Waals surface area contributed by atoms with Crippen LogP contribution in [0.5, 0.6) is 0 Å². The lowest BCUT2D eigenvalue weighted by Crippen LogP contribution is -2.35. The van der Waals surface area contributed by atoms with Gasteiger partial charge in [0.15, 0.2) is 0 Å². The van der Waals surface area contributed by atoms with E-state index in [4.69, 9.17) is 4.98 Å².